The van der Waals surface area contributed by atoms with Crippen LogP contribution in [0.2, 0.25) is 0 Å². The minimum Gasteiger partial charge on any atom is -0.465 e. The Morgan fingerprint density at radius 1 is 1.41 bits per heavy atom. The Kier molecular flexibility index (Phi) is 4.59. The minimum absolute atomic E-state index is 0.591. The lowest BCUT2D eigenvalue weighted by Gasteiger charge is -2.32. The number of furan rings is 1. The number of piperazine rings is 1. The molecule has 0 aromatic carbocycles. The third kappa shape index (κ3) is 3.84. The molecular formula is C13H23N3O. The fourth-order valence-corrected chi connectivity index (χ4v) is 2.24. The van der Waals surface area contributed by atoms with Gasteiger partial charge in [-0.05, 0) is 26.0 Å². The summed E-state index contributed by atoms with van der Waals surface area (Å²) in [5.41, 5.74) is 0. The summed E-state index contributed by atoms with van der Waals surface area (Å²) in [5.74, 6) is 2.01. The van der Waals surface area contributed by atoms with Crippen molar-refractivity contribution < 1.29 is 4.42 Å². The summed E-state index contributed by atoms with van der Waals surface area (Å²) in [6.45, 7) is 10.6. The molecule has 1 aliphatic heterocycles. The molecule has 4 heteroatoms. The van der Waals surface area contributed by atoms with Crippen molar-refractivity contribution in [1.29, 1.82) is 0 Å². The highest BCUT2D eigenvalue weighted by atomic mass is 16.3. The van der Waals surface area contributed by atoms with Crippen LogP contribution in [0.4, 0.5) is 0 Å². The second-order valence-electron chi connectivity index (χ2n) is 4.78. The van der Waals surface area contributed by atoms with Gasteiger partial charge in [-0.25, -0.2) is 0 Å². The maximum atomic E-state index is 5.52. The van der Waals surface area contributed by atoms with E-state index in [1.165, 1.54) is 0 Å². The van der Waals surface area contributed by atoms with E-state index < -0.39 is 0 Å². The number of nitrogens with zero attached hydrogens (tertiary/aromatic N) is 1. The molecule has 0 spiro atoms. The average Bonchev–Trinajstić information content (AvgIpc) is 2.76. The van der Waals surface area contributed by atoms with Gasteiger partial charge in [0, 0.05) is 38.8 Å². The third-order valence-corrected chi connectivity index (χ3v) is 3.31. The minimum atomic E-state index is 0.591. The number of aryl methyl sites for hydroxylation is 1. The van der Waals surface area contributed by atoms with Gasteiger partial charge in [0.15, 0.2) is 0 Å². The Morgan fingerprint density at radius 3 is 2.82 bits per heavy atom. The molecule has 0 radical (unpaired) electrons. The molecule has 96 valence electrons. The van der Waals surface area contributed by atoms with Crippen molar-refractivity contribution >= 4 is 0 Å². The van der Waals surface area contributed by atoms with Gasteiger partial charge in [0.25, 0.3) is 0 Å². The first-order valence-corrected chi connectivity index (χ1v) is 6.46. The fourth-order valence-electron chi connectivity index (χ4n) is 2.24. The smallest absolute Gasteiger partial charge is 0.117 e. The van der Waals surface area contributed by atoms with E-state index in [1.54, 1.807) is 0 Å². The SMILES string of the molecule is Cc1ccc(CNCC(C)N2CCNCC2)o1. The van der Waals surface area contributed by atoms with Crippen LogP contribution in [0.5, 0.6) is 0 Å². The molecule has 17 heavy (non-hydrogen) atoms. The number of hydrogen-bond acceptors (Lipinski definition) is 4. The Hall–Kier alpha value is -0.840. The summed E-state index contributed by atoms with van der Waals surface area (Å²) in [6.07, 6.45) is 0. The second kappa shape index (κ2) is 6.19. The Morgan fingerprint density at radius 2 is 2.18 bits per heavy atom. The zero-order chi connectivity index (χ0) is 12.1. The van der Waals surface area contributed by atoms with Crippen molar-refractivity contribution in [2.45, 2.75) is 26.4 Å². The van der Waals surface area contributed by atoms with Gasteiger partial charge in [-0.3, -0.25) is 4.90 Å². The molecule has 1 aromatic heterocycles. The van der Waals surface area contributed by atoms with Crippen LogP contribution in [0.25, 0.3) is 0 Å². The van der Waals surface area contributed by atoms with E-state index in [-0.39, 0.29) is 0 Å². The van der Waals surface area contributed by atoms with E-state index >= 15 is 0 Å². The van der Waals surface area contributed by atoms with Crippen molar-refractivity contribution in [2.24, 2.45) is 0 Å². The quantitative estimate of drug-likeness (QED) is 0.800. The third-order valence-electron chi connectivity index (χ3n) is 3.31. The molecule has 1 aromatic rings. The molecule has 0 amide bonds. The fraction of sp³-hybridized carbons (Fsp3) is 0.692. The van der Waals surface area contributed by atoms with E-state index in [4.69, 9.17) is 4.42 Å². The van der Waals surface area contributed by atoms with E-state index in [0.29, 0.717) is 6.04 Å². The van der Waals surface area contributed by atoms with Crippen molar-refractivity contribution in [2.75, 3.05) is 32.7 Å². The van der Waals surface area contributed by atoms with Gasteiger partial charge >= 0.3 is 0 Å². The zero-order valence-corrected chi connectivity index (χ0v) is 10.8. The largest absolute Gasteiger partial charge is 0.465 e. The molecule has 1 aliphatic rings. The standard InChI is InChI=1S/C13H23N3O/c1-11(16-7-5-14-6-8-16)9-15-10-13-4-3-12(2)17-13/h3-4,11,14-15H,5-10H2,1-2H3. The predicted molar refractivity (Wildman–Crippen MR) is 69.1 cm³/mol. The molecule has 2 N–H and O–H groups in total. The van der Waals surface area contributed by atoms with Crippen LogP contribution >= 0.6 is 0 Å². The number of nitrogens with one attached hydrogen (secondary N) is 2. The van der Waals surface area contributed by atoms with E-state index in [1.807, 2.05) is 19.1 Å². The maximum Gasteiger partial charge on any atom is 0.117 e. The first kappa shape index (κ1) is 12.6. The first-order chi connectivity index (χ1) is 8.25. The highest BCUT2D eigenvalue weighted by Gasteiger charge is 2.15. The Balaban J connectivity index is 1.67. The highest BCUT2D eigenvalue weighted by Crippen LogP contribution is 2.06. The summed E-state index contributed by atoms with van der Waals surface area (Å²) in [6, 6.07) is 4.64. The van der Waals surface area contributed by atoms with Gasteiger partial charge in [-0.1, -0.05) is 0 Å². The van der Waals surface area contributed by atoms with Gasteiger partial charge in [-0.15, -0.1) is 0 Å². The van der Waals surface area contributed by atoms with Gasteiger partial charge < -0.3 is 15.1 Å². The van der Waals surface area contributed by atoms with Gasteiger partial charge in [0.1, 0.15) is 11.5 Å². The molecule has 1 saturated heterocycles. The highest BCUT2D eigenvalue weighted by molar-refractivity contribution is 5.05. The van der Waals surface area contributed by atoms with Gasteiger partial charge in [0.05, 0.1) is 6.54 Å². The van der Waals surface area contributed by atoms with E-state index in [2.05, 4.69) is 22.5 Å². The normalized spacial score (nSPS) is 19.4. The maximum absolute atomic E-state index is 5.52. The molecular weight excluding hydrogens is 214 g/mol. The molecule has 4 nitrogen and oxygen atoms in total. The summed E-state index contributed by atoms with van der Waals surface area (Å²) in [7, 11) is 0. The number of rotatable bonds is 5. The van der Waals surface area contributed by atoms with Crippen molar-refractivity contribution in [3.63, 3.8) is 0 Å². The summed E-state index contributed by atoms with van der Waals surface area (Å²) in [5, 5.41) is 6.83. The monoisotopic (exact) mass is 237 g/mol. The van der Waals surface area contributed by atoms with Gasteiger partial charge in [0.2, 0.25) is 0 Å². The predicted octanol–water partition coefficient (Wildman–Crippen LogP) is 0.971. The van der Waals surface area contributed by atoms with Crippen LogP contribution in [0, 0.1) is 6.92 Å². The molecule has 0 aliphatic carbocycles. The molecule has 0 saturated carbocycles. The van der Waals surface area contributed by atoms with Gasteiger partial charge in [-0.2, -0.15) is 0 Å². The lowest BCUT2D eigenvalue weighted by atomic mass is 10.2. The molecule has 1 fully saturated rings. The lowest BCUT2D eigenvalue weighted by molar-refractivity contribution is 0.180. The lowest BCUT2D eigenvalue weighted by Crippen LogP contribution is -2.50. The Labute approximate surface area is 103 Å². The number of hydrogen-bond donors (Lipinski definition) is 2. The van der Waals surface area contributed by atoms with Crippen LogP contribution in [0.15, 0.2) is 16.5 Å². The molecule has 1 atom stereocenters. The van der Waals surface area contributed by atoms with Crippen molar-refractivity contribution in [3.05, 3.63) is 23.7 Å². The summed E-state index contributed by atoms with van der Waals surface area (Å²) < 4.78 is 5.52. The van der Waals surface area contributed by atoms with Crippen molar-refractivity contribution in [3.8, 4) is 0 Å². The van der Waals surface area contributed by atoms with Crippen LogP contribution < -0.4 is 10.6 Å². The molecule has 0 bridgehead atoms. The summed E-state index contributed by atoms with van der Waals surface area (Å²) >= 11 is 0. The topological polar surface area (TPSA) is 40.4 Å². The molecule has 2 rings (SSSR count). The molecule has 2 heterocycles. The average molecular weight is 237 g/mol. The van der Waals surface area contributed by atoms with E-state index in [0.717, 1.165) is 50.8 Å². The molecule has 1 unspecified atom stereocenters. The van der Waals surface area contributed by atoms with Crippen LogP contribution in [-0.4, -0.2) is 43.7 Å². The Bertz CT molecular complexity index is 331. The summed E-state index contributed by atoms with van der Waals surface area (Å²) in [4.78, 5) is 2.52. The first-order valence-electron chi connectivity index (χ1n) is 6.46. The second-order valence-corrected chi connectivity index (χ2v) is 4.78. The van der Waals surface area contributed by atoms with Crippen LogP contribution in [-0.2, 0) is 6.54 Å². The van der Waals surface area contributed by atoms with Crippen molar-refractivity contribution in [1.82, 2.24) is 15.5 Å². The zero-order valence-electron chi connectivity index (χ0n) is 10.8. The van der Waals surface area contributed by atoms with E-state index in [9.17, 15) is 0 Å². The van der Waals surface area contributed by atoms with Crippen LogP contribution in [0.3, 0.4) is 0 Å². The van der Waals surface area contributed by atoms with Crippen LogP contribution in [0.1, 0.15) is 18.4 Å².